The number of tetrazole rings is 1. The SMILES string of the molecule is Cc1nnn(C(c2ccccc2)C2CCN(C(=O)c3cc(-c4nc5cc(-c6ccn(C)n6)ccc5o4)ccn3)CC2)n1. The summed E-state index contributed by atoms with van der Waals surface area (Å²) in [6.07, 6.45) is 5.17. The van der Waals surface area contributed by atoms with Gasteiger partial charge < -0.3 is 9.32 Å². The third kappa shape index (κ3) is 4.93. The van der Waals surface area contributed by atoms with Crippen molar-refractivity contribution in [1.82, 2.24) is 44.9 Å². The van der Waals surface area contributed by atoms with Gasteiger partial charge in [0, 0.05) is 43.7 Å². The molecule has 6 aromatic rings. The highest BCUT2D eigenvalue weighted by Gasteiger charge is 2.32. The number of hydrogen-bond donors (Lipinski definition) is 0. The first kappa shape index (κ1) is 25.8. The molecule has 1 fully saturated rings. The molecule has 1 unspecified atom stereocenters. The van der Waals surface area contributed by atoms with E-state index in [4.69, 9.17) is 9.40 Å². The monoisotopic (exact) mass is 559 g/mol. The summed E-state index contributed by atoms with van der Waals surface area (Å²) in [4.78, 5) is 26.2. The number of pyridine rings is 1. The molecule has 5 heterocycles. The minimum atomic E-state index is -0.102. The molecule has 7 rings (SSSR count). The fraction of sp³-hybridized carbons (Fsp3) is 0.258. The highest BCUT2D eigenvalue weighted by molar-refractivity contribution is 5.93. The second-order valence-electron chi connectivity index (χ2n) is 10.6. The molecule has 0 bridgehead atoms. The molecule has 1 amide bonds. The van der Waals surface area contributed by atoms with Gasteiger partial charge in [0.05, 0.1) is 5.69 Å². The number of aryl methyl sites for hydroxylation is 2. The van der Waals surface area contributed by atoms with Crippen molar-refractivity contribution in [3.05, 3.63) is 96.2 Å². The Morgan fingerprint density at radius 1 is 0.976 bits per heavy atom. The van der Waals surface area contributed by atoms with E-state index < -0.39 is 0 Å². The van der Waals surface area contributed by atoms with Gasteiger partial charge in [-0.1, -0.05) is 30.3 Å². The standard InChI is InChI=1S/C31H29N9O2/c1-20-34-37-40(35-20)29(21-6-4-3-5-7-21)22-11-16-39(17-12-22)31(41)27-19-24(10-14-32-27)30-33-26-18-23(8-9-28(26)42-30)25-13-15-38(2)36-25/h3-10,13-15,18-19,22,29H,11-12,16-17H2,1-2H3. The van der Waals surface area contributed by atoms with Crippen molar-refractivity contribution in [1.29, 1.82) is 0 Å². The summed E-state index contributed by atoms with van der Waals surface area (Å²) >= 11 is 0. The average Bonchev–Trinajstić information content (AvgIpc) is 3.77. The molecule has 1 saturated heterocycles. The van der Waals surface area contributed by atoms with Crippen molar-refractivity contribution >= 4 is 17.0 Å². The molecular weight excluding hydrogens is 530 g/mol. The van der Waals surface area contributed by atoms with E-state index in [9.17, 15) is 4.79 Å². The number of fused-ring (bicyclic) bond motifs is 1. The smallest absolute Gasteiger partial charge is 0.272 e. The van der Waals surface area contributed by atoms with Crippen molar-refractivity contribution in [3.8, 4) is 22.7 Å². The number of nitrogens with zero attached hydrogens (tertiary/aromatic N) is 9. The molecule has 0 spiro atoms. The zero-order valence-corrected chi connectivity index (χ0v) is 23.3. The first-order valence-corrected chi connectivity index (χ1v) is 14.0. The van der Waals surface area contributed by atoms with E-state index >= 15 is 0 Å². The fourth-order valence-electron chi connectivity index (χ4n) is 5.70. The van der Waals surface area contributed by atoms with Crippen LogP contribution in [0.5, 0.6) is 0 Å². The minimum absolute atomic E-state index is 0.0385. The molecule has 11 nitrogen and oxygen atoms in total. The Kier molecular flexibility index (Phi) is 6.54. The van der Waals surface area contributed by atoms with E-state index in [0.29, 0.717) is 41.6 Å². The third-order valence-electron chi connectivity index (χ3n) is 7.81. The number of oxazole rings is 1. The number of carbonyl (C=O) groups is 1. The quantitative estimate of drug-likeness (QED) is 0.287. The lowest BCUT2D eigenvalue weighted by molar-refractivity contribution is 0.0658. The van der Waals surface area contributed by atoms with Crippen LogP contribution in [0.25, 0.3) is 33.8 Å². The van der Waals surface area contributed by atoms with Crippen LogP contribution < -0.4 is 0 Å². The van der Waals surface area contributed by atoms with Crippen LogP contribution in [0.1, 0.15) is 40.8 Å². The molecule has 0 radical (unpaired) electrons. The zero-order valence-electron chi connectivity index (χ0n) is 23.3. The highest BCUT2D eigenvalue weighted by Crippen LogP contribution is 2.34. The lowest BCUT2D eigenvalue weighted by Crippen LogP contribution is -2.41. The lowest BCUT2D eigenvalue weighted by Gasteiger charge is -2.35. The number of benzene rings is 2. The number of hydrogen-bond acceptors (Lipinski definition) is 8. The minimum Gasteiger partial charge on any atom is -0.436 e. The van der Waals surface area contributed by atoms with Crippen molar-refractivity contribution < 1.29 is 9.21 Å². The molecule has 0 saturated carbocycles. The van der Waals surface area contributed by atoms with Gasteiger partial charge in [0.2, 0.25) is 5.89 Å². The second-order valence-corrected chi connectivity index (χ2v) is 10.6. The number of carbonyl (C=O) groups excluding carboxylic acids is 1. The van der Waals surface area contributed by atoms with Crippen molar-refractivity contribution in [3.63, 3.8) is 0 Å². The summed E-state index contributed by atoms with van der Waals surface area (Å²) in [6, 6.07) is 21.6. The summed E-state index contributed by atoms with van der Waals surface area (Å²) < 4.78 is 7.81. The Bertz CT molecular complexity index is 1870. The molecular formula is C31H29N9O2. The van der Waals surface area contributed by atoms with Gasteiger partial charge >= 0.3 is 0 Å². The molecule has 1 aliphatic heterocycles. The second kappa shape index (κ2) is 10.7. The molecule has 2 aromatic carbocycles. The van der Waals surface area contributed by atoms with Crippen molar-refractivity contribution in [2.24, 2.45) is 13.0 Å². The lowest BCUT2D eigenvalue weighted by atomic mass is 9.85. The Balaban J connectivity index is 1.08. The number of likely N-dealkylation sites (tertiary alicyclic amines) is 1. The summed E-state index contributed by atoms with van der Waals surface area (Å²) in [7, 11) is 1.89. The van der Waals surface area contributed by atoms with Crippen LogP contribution in [0.3, 0.4) is 0 Å². The first-order chi connectivity index (χ1) is 20.5. The van der Waals surface area contributed by atoms with E-state index in [-0.39, 0.29) is 17.9 Å². The average molecular weight is 560 g/mol. The van der Waals surface area contributed by atoms with E-state index in [1.807, 2.05) is 73.6 Å². The Hall–Kier alpha value is -5.19. The van der Waals surface area contributed by atoms with Crippen LogP contribution in [-0.2, 0) is 7.05 Å². The van der Waals surface area contributed by atoms with Crippen LogP contribution >= 0.6 is 0 Å². The number of piperidine rings is 1. The maximum Gasteiger partial charge on any atom is 0.272 e. The van der Waals surface area contributed by atoms with Crippen LogP contribution in [0.15, 0.2) is 83.5 Å². The van der Waals surface area contributed by atoms with Crippen LogP contribution in [0, 0.1) is 12.8 Å². The molecule has 42 heavy (non-hydrogen) atoms. The van der Waals surface area contributed by atoms with Crippen molar-refractivity contribution in [2.75, 3.05) is 13.1 Å². The van der Waals surface area contributed by atoms with Gasteiger partial charge in [0.15, 0.2) is 11.4 Å². The van der Waals surface area contributed by atoms with Gasteiger partial charge in [-0.2, -0.15) is 9.90 Å². The molecule has 0 N–H and O–H groups in total. The molecule has 1 atom stereocenters. The molecule has 0 aliphatic carbocycles. The van der Waals surface area contributed by atoms with Gasteiger partial charge in [-0.05, 0) is 72.9 Å². The summed E-state index contributed by atoms with van der Waals surface area (Å²) in [6.45, 7) is 3.07. The van der Waals surface area contributed by atoms with Crippen molar-refractivity contribution in [2.45, 2.75) is 25.8 Å². The number of amides is 1. The normalized spacial score (nSPS) is 14.9. The molecule has 210 valence electrons. The van der Waals surface area contributed by atoms with E-state index in [1.165, 1.54) is 0 Å². The van der Waals surface area contributed by atoms with Crippen LogP contribution in [0.4, 0.5) is 0 Å². The topological polar surface area (TPSA) is 121 Å². The van der Waals surface area contributed by atoms with Gasteiger partial charge in [-0.15, -0.1) is 10.2 Å². The highest BCUT2D eigenvalue weighted by atomic mass is 16.3. The van der Waals surface area contributed by atoms with Gasteiger partial charge in [-0.25, -0.2) is 4.98 Å². The molecule has 1 aliphatic rings. The summed E-state index contributed by atoms with van der Waals surface area (Å²) in [5.74, 6) is 1.25. The van der Waals surface area contributed by atoms with Gasteiger partial charge in [-0.3, -0.25) is 14.5 Å². The molecule has 4 aromatic heterocycles. The van der Waals surface area contributed by atoms with E-state index in [0.717, 1.165) is 35.2 Å². The maximum absolute atomic E-state index is 13.5. The number of aromatic nitrogens is 8. The predicted octanol–water partition coefficient (Wildman–Crippen LogP) is 4.73. The predicted molar refractivity (Wildman–Crippen MR) is 155 cm³/mol. The van der Waals surface area contributed by atoms with E-state index in [1.54, 1.807) is 21.7 Å². The molecule has 11 heteroatoms. The maximum atomic E-state index is 13.5. The van der Waals surface area contributed by atoms with E-state index in [2.05, 4.69) is 37.6 Å². The summed E-state index contributed by atoms with van der Waals surface area (Å²) in [5.41, 5.74) is 5.44. The largest absolute Gasteiger partial charge is 0.436 e. The first-order valence-electron chi connectivity index (χ1n) is 14.0. The summed E-state index contributed by atoms with van der Waals surface area (Å²) in [5, 5.41) is 17.4. The number of rotatable bonds is 6. The Morgan fingerprint density at radius 2 is 1.81 bits per heavy atom. The Morgan fingerprint density at radius 3 is 2.55 bits per heavy atom. The van der Waals surface area contributed by atoms with Crippen LogP contribution in [-0.4, -0.2) is 63.9 Å². The van der Waals surface area contributed by atoms with Gasteiger partial charge in [0.25, 0.3) is 5.91 Å². The van der Waals surface area contributed by atoms with Gasteiger partial charge in [0.1, 0.15) is 17.3 Å². The Labute approximate surface area is 241 Å². The fourth-order valence-corrected chi connectivity index (χ4v) is 5.70. The third-order valence-corrected chi connectivity index (χ3v) is 7.81. The zero-order chi connectivity index (χ0) is 28.6. The van der Waals surface area contributed by atoms with Crippen LogP contribution in [0.2, 0.25) is 0 Å².